The van der Waals surface area contributed by atoms with Crippen molar-refractivity contribution in [1.82, 2.24) is 14.9 Å². The van der Waals surface area contributed by atoms with Crippen LogP contribution in [0, 0.1) is 5.82 Å². The quantitative estimate of drug-likeness (QED) is 0.177. The van der Waals surface area contributed by atoms with Crippen LogP contribution in [0.3, 0.4) is 0 Å². The summed E-state index contributed by atoms with van der Waals surface area (Å²) in [6.07, 6.45) is 3.76. The van der Waals surface area contributed by atoms with Gasteiger partial charge in [0, 0.05) is 12.1 Å². The van der Waals surface area contributed by atoms with Crippen LogP contribution in [0.5, 0.6) is 0 Å². The first kappa shape index (κ1) is 26.7. The number of ether oxygens (including phenoxy) is 1. The molecule has 1 aromatic heterocycles. The van der Waals surface area contributed by atoms with Crippen molar-refractivity contribution in [2.75, 3.05) is 17.2 Å². The summed E-state index contributed by atoms with van der Waals surface area (Å²) >= 11 is 12.1. The van der Waals surface area contributed by atoms with Gasteiger partial charge in [0.1, 0.15) is 23.4 Å². The van der Waals surface area contributed by atoms with Crippen LogP contribution in [-0.4, -0.2) is 39.5 Å². The molecule has 3 aromatic rings. The molecular formula is C27H24Cl2FN5O4. The van der Waals surface area contributed by atoms with E-state index in [0.29, 0.717) is 18.5 Å². The fraction of sp³-hybridized carbons (Fsp3) is 0.259. The van der Waals surface area contributed by atoms with Crippen LogP contribution in [0.25, 0.3) is 0 Å². The number of hydrogen-bond acceptors (Lipinski definition) is 6. The van der Waals surface area contributed by atoms with E-state index in [1.807, 2.05) is 0 Å². The summed E-state index contributed by atoms with van der Waals surface area (Å²) in [6, 6.07) is 9.53. The van der Waals surface area contributed by atoms with E-state index in [1.54, 1.807) is 31.2 Å². The summed E-state index contributed by atoms with van der Waals surface area (Å²) in [7, 11) is 0. The van der Waals surface area contributed by atoms with Gasteiger partial charge in [-0.15, -0.1) is 0 Å². The average molecular weight is 572 g/mol. The third-order valence-corrected chi connectivity index (χ3v) is 7.46. The van der Waals surface area contributed by atoms with Gasteiger partial charge in [-0.1, -0.05) is 48.0 Å². The monoisotopic (exact) mass is 571 g/mol. The Hall–Kier alpha value is -3.89. The first-order chi connectivity index (χ1) is 18.5. The zero-order valence-electron chi connectivity index (χ0n) is 20.8. The number of halogens is 3. The SMILES string of the molecule is C=CCOC(=O)C1(NC(=O)c2cnc3n2[C@](C)(Cc2ccc(N)cc2)C(=O)N3c2cc(Cl)c(F)c(Cl)c2)CC1. The van der Waals surface area contributed by atoms with Crippen LogP contribution in [0.4, 0.5) is 21.7 Å². The molecule has 5 rings (SSSR count). The number of nitrogens with zero attached hydrogens (tertiary/aromatic N) is 3. The molecule has 0 bridgehead atoms. The van der Waals surface area contributed by atoms with Crippen molar-refractivity contribution >= 4 is 58.3 Å². The Morgan fingerprint density at radius 3 is 2.46 bits per heavy atom. The number of amides is 2. The number of nitrogens with two attached hydrogens (primary N) is 1. The van der Waals surface area contributed by atoms with E-state index in [1.165, 1.54) is 33.9 Å². The molecule has 2 aromatic carbocycles. The Bertz CT molecular complexity index is 1500. The minimum atomic E-state index is -1.35. The summed E-state index contributed by atoms with van der Waals surface area (Å²) in [5.41, 5.74) is 4.90. The standard InChI is InChI=1S/C27H24Cl2FN5O4/c1-3-10-39-24(38)27(8-9-27)33-22(36)20-14-32-25-34(17-11-18(28)21(30)19(29)12-17)23(37)26(2,35(20)25)13-15-4-6-16(31)7-5-15/h3-7,11-12,14H,1,8-10,13,31H2,2H3,(H,33,36)/t26-/m1/s1. The normalized spacial score (nSPS) is 19.0. The molecule has 2 heterocycles. The van der Waals surface area contributed by atoms with Crippen molar-refractivity contribution < 1.29 is 23.5 Å². The number of carbonyl (C=O) groups is 3. The minimum absolute atomic E-state index is 0.0183. The lowest BCUT2D eigenvalue weighted by molar-refractivity contribution is -0.145. The number of imidazole rings is 1. The Morgan fingerprint density at radius 2 is 1.87 bits per heavy atom. The topological polar surface area (TPSA) is 120 Å². The molecule has 1 aliphatic carbocycles. The van der Waals surface area contributed by atoms with Gasteiger partial charge in [-0.25, -0.2) is 19.1 Å². The van der Waals surface area contributed by atoms with E-state index in [0.717, 1.165) is 5.56 Å². The zero-order valence-corrected chi connectivity index (χ0v) is 22.4. The Balaban J connectivity index is 1.58. The number of hydrogen-bond donors (Lipinski definition) is 2. The maximum Gasteiger partial charge on any atom is 0.332 e. The molecule has 202 valence electrons. The predicted octanol–water partition coefficient (Wildman–Crippen LogP) is 4.54. The molecule has 0 unspecified atom stereocenters. The molecule has 2 amide bonds. The van der Waals surface area contributed by atoms with Crippen molar-refractivity contribution in [2.24, 2.45) is 0 Å². The second-order valence-corrected chi connectivity index (χ2v) is 10.6. The largest absolute Gasteiger partial charge is 0.460 e. The lowest BCUT2D eigenvalue weighted by atomic mass is 9.91. The predicted molar refractivity (Wildman–Crippen MR) is 145 cm³/mol. The number of anilines is 3. The second kappa shape index (κ2) is 9.69. The zero-order chi connectivity index (χ0) is 28.1. The van der Waals surface area contributed by atoms with E-state index in [2.05, 4.69) is 16.9 Å². The molecule has 39 heavy (non-hydrogen) atoms. The van der Waals surface area contributed by atoms with Gasteiger partial charge in [0.2, 0.25) is 5.95 Å². The van der Waals surface area contributed by atoms with E-state index in [9.17, 15) is 18.8 Å². The van der Waals surface area contributed by atoms with Gasteiger partial charge in [0.15, 0.2) is 5.82 Å². The number of fused-ring (bicyclic) bond motifs is 1. The number of nitrogens with one attached hydrogen (secondary N) is 1. The maximum absolute atomic E-state index is 14.2. The summed E-state index contributed by atoms with van der Waals surface area (Å²) in [5.74, 6) is -2.31. The lowest BCUT2D eigenvalue weighted by Crippen LogP contribution is -2.47. The van der Waals surface area contributed by atoms with E-state index in [-0.39, 0.29) is 40.4 Å². The molecule has 12 heteroatoms. The number of nitrogen functional groups attached to an aromatic ring is 1. The number of esters is 1. The fourth-order valence-electron chi connectivity index (χ4n) is 4.72. The number of carbonyl (C=O) groups excluding carboxylic acids is 3. The van der Waals surface area contributed by atoms with Crippen LogP contribution in [0.1, 0.15) is 35.8 Å². The van der Waals surface area contributed by atoms with Crippen LogP contribution in [-0.2, 0) is 26.3 Å². The number of benzene rings is 2. The molecule has 1 atom stereocenters. The Morgan fingerprint density at radius 1 is 1.23 bits per heavy atom. The van der Waals surface area contributed by atoms with Crippen molar-refractivity contribution in [3.05, 3.63) is 82.4 Å². The van der Waals surface area contributed by atoms with Crippen LogP contribution < -0.4 is 16.0 Å². The maximum atomic E-state index is 14.2. The highest BCUT2D eigenvalue weighted by Crippen LogP contribution is 2.44. The molecule has 1 aliphatic heterocycles. The fourth-order valence-corrected chi connectivity index (χ4v) is 5.20. The second-order valence-electron chi connectivity index (χ2n) is 9.76. The molecule has 0 radical (unpaired) electrons. The van der Waals surface area contributed by atoms with Crippen LogP contribution in [0.15, 0.2) is 55.3 Å². The van der Waals surface area contributed by atoms with Crippen molar-refractivity contribution in [3.63, 3.8) is 0 Å². The third kappa shape index (κ3) is 4.53. The smallest absolute Gasteiger partial charge is 0.332 e. The van der Waals surface area contributed by atoms with Crippen molar-refractivity contribution in [2.45, 2.75) is 37.3 Å². The Kier molecular flexibility index (Phi) is 6.64. The van der Waals surface area contributed by atoms with E-state index in [4.69, 9.17) is 33.7 Å². The van der Waals surface area contributed by atoms with Gasteiger partial charge in [0.05, 0.1) is 21.9 Å². The molecule has 3 N–H and O–H groups in total. The van der Waals surface area contributed by atoms with Crippen LogP contribution >= 0.6 is 23.2 Å². The number of rotatable bonds is 8. The molecule has 1 saturated carbocycles. The molecule has 9 nitrogen and oxygen atoms in total. The van der Waals surface area contributed by atoms with E-state index < -0.39 is 34.7 Å². The van der Waals surface area contributed by atoms with Crippen molar-refractivity contribution in [1.29, 1.82) is 0 Å². The van der Waals surface area contributed by atoms with Crippen molar-refractivity contribution in [3.8, 4) is 0 Å². The van der Waals surface area contributed by atoms with Gasteiger partial charge >= 0.3 is 5.97 Å². The number of aromatic nitrogens is 2. The van der Waals surface area contributed by atoms with Gasteiger partial charge < -0.3 is 15.8 Å². The van der Waals surface area contributed by atoms with Gasteiger partial charge in [-0.2, -0.15) is 0 Å². The average Bonchev–Trinajstić information content (AvgIpc) is 3.49. The first-order valence-electron chi connectivity index (χ1n) is 12.0. The highest BCUT2D eigenvalue weighted by molar-refractivity contribution is 6.35. The van der Waals surface area contributed by atoms with Gasteiger partial charge in [-0.3, -0.25) is 14.2 Å². The summed E-state index contributed by atoms with van der Waals surface area (Å²) in [4.78, 5) is 45.8. The summed E-state index contributed by atoms with van der Waals surface area (Å²) in [6.45, 7) is 5.22. The summed E-state index contributed by atoms with van der Waals surface area (Å²) in [5, 5.41) is 2.21. The summed E-state index contributed by atoms with van der Waals surface area (Å²) < 4.78 is 20.9. The third-order valence-electron chi connectivity index (χ3n) is 6.91. The highest BCUT2D eigenvalue weighted by atomic mass is 35.5. The van der Waals surface area contributed by atoms with Gasteiger partial charge in [-0.05, 0) is 49.6 Å². The molecule has 1 fully saturated rings. The molecule has 0 saturated heterocycles. The molecular weight excluding hydrogens is 548 g/mol. The minimum Gasteiger partial charge on any atom is -0.460 e. The van der Waals surface area contributed by atoms with E-state index >= 15 is 0 Å². The highest BCUT2D eigenvalue weighted by Gasteiger charge is 2.55. The lowest BCUT2D eigenvalue weighted by Gasteiger charge is -2.27. The Labute approximate surface area is 233 Å². The molecule has 2 aliphatic rings. The van der Waals surface area contributed by atoms with Gasteiger partial charge in [0.25, 0.3) is 11.8 Å². The van der Waals surface area contributed by atoms with Crippen LogP contribution in [0.2, 0.25) is 10.0 Å². The first-order valence-corrected chi connectivity index (χ1v) is 12.8. The molecule has 0 spiro atoms.